The zero-order valence-electron chi connectivity index (χ0n) is 11.7. The van der Waals surface area contributed by atoms with Gasteiger partial charge in [0.05, 0.1) is 0 Å². The summed E-state index contributed by atoms with van der Waals surface area (Å²) in [6.07, 6.45) is 1.92. The Balaban J connectivity index is 2.44. The van der Waals surface area contributed by atoms with Crippen LogP contribution in [0.4, 0.5) is 0 Å². The van der Waals surface area contributed by atoms with Gasteiger partial charge in [0.15, 0.2) is 5.82 Å². The molecule has 1 unspecified atom stereocenters. The lowest BCUT2D eigenvalue weighted by atomic mass is 10.1. The van der Waals surface area contributed by atoms with Gasteiger partial charge in [-0.3, -0.25) is 0 Å². The van der Waals surface area contributed by atoms with Crippen LogP contribution in [0.25, 0.3) is 11.4 Å². The van der Waals surface area contributed by atoms with Crippen LogP contribution in [-0.4, -0.2) is 17.0 Å². The van der Waals surface area contributed by atoms with E-state index in [4.69, 9.17) is 0 Å². The van der Waals surface area contributed by atoms with Crippen molar-refractivity contribution in [3.8, 4) is 11.4 Å². The van der Waals surface area contributed by atoms with Crippen molar-refractivity contribution >= 4 is 15.9 Å². The standard InChI is InChI=1S/C15H18BrN3/c1-9-7-12(16)5-6-13(9)15-18-8-14(10(2)17-4)11(3)19-15/h5-8,10,17H,1-4H3. The second-order valence-corrected chi connectivity index (χ2v) is 5.62. The maximum absolute atomic E-state index is 4.64. The summed E-state index contributed by atoms with van der Waals surface area (Å²) in [6, 6.07) is 6.42. The summed E-state index contributed by atoms with van der Waals surface area (Å²) in [7, 11) is 1.94. The number of benzene rings is 1. The summed E-state index contributed by atoms with van der Waals surface area (Å²) >= 11 is 3.47. The topological polar surface area (TPSA) is 37.8 Å². The maximum atomic E-state index is 4.64. The van der Waals surface area contributed by atoms with E-state index in [1.807, 2.05) is 26.2 Å². The maximum Gasteiger partial charge on any atom is 0.159 e. The van der Waals surface area contributed by atoms with Crippen molar-refractivity contribution < 1.29 is 0 Å². The van der Waals surface area contributed by atoms with Crippen molar-refractivity contribution in [2.75, 3.05) is 7.05 Å². The molecule has 0 aliphatic rings. The van der Waals surface area contributed by atoms with Crippen LogP contribution in [0.1, 0.15) is 29.8 Å². The first-order chi connectivity index (χ1) is 9.02. The summed E-state index contributed by atoms with van der Waals surface area (Å²) in [5, 5.41) is 3.21. The lowest BCUT2D eigenvalue weighted by Gasteiger charge is -2.14. The predicted molar refractivity (Wildman–Crippen MR) is 82.1 cm³/mol. The Morgan fingerprint density at radius 3 is 2.58 bits per heavy atom. The van der Waals surface area contributed by atoms with Gasteiger partial charge >= 0.3 is 0 Å². The number of aromatic nitrogens is 2. The molecule has 1 N–H and O–H groups in total. The van der Waals surface area contributed by atoms with Crippen LogP contribution >= 0.6 is 15.9 Å². The third kappa shape index (κ3) is 3.01. The van der Waals surface area contributed by atoms with Gasteiger partial charge in [0.1, 0.15) is 0 Å². The largest absolute Gasteiger partial charge is 0.313 e. The quantitative estimate of drug-likeness (QED) is 0.935. The fourth-order valence-electron chi connectivity index (χ4n) is 2.06. The Labute approximate surface area is 122 Å². The Kier molecular flexibility index (Phi) is 4.32. The van der Waals surface area contributed by atoms with Gasteiger partial charge in [-0.1, -0.05) is 15.9 Å². The van der Waals surface area contributed by atoms with Crippen LogP contribution in [0, 0.1) is 13.8 Å². The van der Waals surface area contributed by atoms with E-state index in [1.54, 1.807) is 0 Å². The van der Waals surface area contributed by atoms with E-state index in [1.165, 1.54) is 5.56 Å². The fraction of sp³-hybridized carbons (Fsp3) is 0.333. The van der Waals surface area contributed by atoms with Crippen molar-refractivity contribution in [1.29, 1.82) is 0 Å². The van der Waals surface area contributed by atoms with Crippen LogP contribution in [0.15, 0.2) is 28.9 Å². The summed E-state index contributed by atoms with van der Waals surface area (Å²) < 4.78 is 1.07. The third-order valence-corrected chi connectivity index (χ3v) is 3.84. The van der Waals surface area contributed by atoms with Crippen molar-refractivity contribution in [2.45, 2.75) is 26.8 Å². The molecule has 0 spiro atoms. The number of hydrogen-bond donors (Lipinski definition) is 1. The molecule has 0 saturated carbocycles. The van der Waals surface area contributed by atoms with E-state index < -0.39 is 0 Å². The molecule has 0 aliphatic heterocycles. The van der Waals surface area contributed by atoms with Crippen LogP contribution in [0.5, 0.6) is 0 Å². The smallest absolute Gasteiger partial charge is 0.159 e. The molecular formula is C15H18BrN3. The van der Waals surface area contributed by atoms with E-state index in [0.717, 1.165) is 27.1 Å². The van der Waals surface area contributed by atoms with Gasteiger partial charge in [-0.2, -0.15) is 0 Å². The SMILES string of the molecule is CNC(C)c1cnc(-c2ccc(Br)cc2C)nc1C. The first-order valence-corrected chi connectivity index (χ1v) is 7.09. The third-order valence-electron chi connectivity index (χ3n) is 3.35. The van der Waals surface area contributed by atoms with Crippen LogP contribution < -0.4 is 5.32 Å². The van der Waals surface area contributed by atoms with Crippen molar-refractivity contribution in [3.63, 3.8) is 0 Å². The van der Waals surface area contributed by atoms with Crippen LogP contribution in [0.3, 0.4) is 0 Å². The first kappa shape index (κ1) is 14.2. The summed E-state index contributed by atoms with van der Waals surface area (Å²) in [5.74, 6) is 0.787. The van der Waals surface area contributed by atoms with E-state index in [-0.39, 0.29) is 6.04 Å². The number of halogens is 1. The minimum absolute atomic E-state index is 0.264. The van der Waals surface area contributed by atoms with Gasteiger partial charge in [0.25, 0.3) is 0 Å². The molecule has 2 rings (SSSR count). The molecule has 0 aliphatic carbocycles. The Bertz CT molecular complexity index is 596. The Morgan fingerprint density at radius 1 is 1.26 bits per heavy atom. The second-order valence-electron chi connectivity index (χ2n) is 4.70. The van der Waals surface area contributed by atoms with E-state index in [2.05, 4.69) is 57.2 Å². The van der Waals surface area contributed by atoms with Gasteiger partial charge in [-0.15, -0.1) is 0 Å². The average molecular weight is 320 g/mol. The monoisotopic (exact) mass is 319 g/mol. The average Bonchev–Trinajstić information content (AvgIpc) is 2.37. The lowest BCUT2D eigenvalue weighted by Crippen LogP contribution is -2.15. The molecule has 0 amide bonds. The molecule has 1 aromatic heterocycles. The van der Waals surface area contributed by atoms with Crippen molar-refractivity contribution in [2.24, 2.45) is 0 Å². The predicted octanol–water partition coefficient (Wildman–Crippen LogP) is 3.80. The molecule has 2 aromatic rings. The molecule has 0 bridgehead atoms. The van der Waals surface area contributed by atoms with Gasteiger partial charge in [-0.05, 0) is 51.6 Å². The second kappa shape index (κ2) is 5.80. The molecule has 3 nitrogen and oxygen atoms in total. The molecule has 1 aromatic carbocycles. The van der Waals surface area contributed by atoms with Crippen LogP contribution in [0.2, 0.25) is 0 Å². The van der Waals surface area contributed by atoms with Crippen molar-refractivity contribution in [3.05, 3.63) is 45.7 Å². The summed E-state index contributed by atoms with van der Waals surface area (Å²) in [6.45, 7) is 6.21. The first-order valence-electron chi connectivity index (χ1n) is 6.30. The van der Waals surface area contributed by atoms with E-state index in [9.17, 15) is 0 Å². The normalized spacial score (nSPS) is 12.5. The minimum atomic E-state index is 0.264. The van der Waals surface area contributed by atoms with Gasteiger partial charge in [-0.25, -0.2) is 9.97 Å². The highest BCUT2D eigenvalue weighted by molar-refractivity contribution is 9.10. The minimum Gasteiger partial charge on any atom is -0.313 e. The zero-order chi connectivity index (χ0) is 14.0. The number of rotatable bonds is 3. The van der Waals surface area contributed by atoms with Crippen molar-refractivity contribution in [1.82, 2.24) is 15.3 Å². The van der Waals surface area contributed by atoms with E-state index >= 15 is 0 Å². The van der Waals surface area contributed by atoms with Gasteiger partial charge in [0.2, 0.25) is 0 Å². The molecule has 100 valence electrons. The Hall–Kier alpha value is -1.26. The summed E-state index contributed by atoms with van der Waals surface area (Å²) in [5.41, 5.74) is 4.41. The molecule has 1 atom stereocenters. The molecule has 1 heterocycles. The van der Waals surface area contributed by atoms with Gasteiger partial charge in [0, 0.05) is 33.5 Å². The number of aryl methyl sites for hydroxylation is 2. The summed E-state index contributed by atoms with van der Waals surface area (Å²) in [4.78, 5) is 9.14. The lowest BCUT2D eigenvalue weighted by molar-refractivity contribution is 0.641. The highest BCUT2D eigenvalue weighted by atomic mass is 79.9. The number of hydrogen-bond acceptors (Lipinski definition) is 3. The highest BCUT2D eigenvalue weighted by Crippen LogP contribution is 2.25. The highest BCUT2D eigenvalue weighted by Gasteiger charge is 2.11. The van der Waals surface area contributed by atoms with Crippen LogP contribution in [-0.2, 0) is 0 Å². The Morgan fingerprint density at radius 2 is 2.00 bits per heavy atom. The van der Waals surface area contributed by atoms with E-state index in [0.29, 0.717) is 0 Å². The zero-order valence-corrected chi connectivity index (χ0v) is 13.2. The molecule has 0 fully saturated rings. The molecule has 19 heavy (non-hydrogen) atoms. The number of nitrogens with one attached hydrogen (secondary N) is 1. The fourth-order valence-corrected chi connectivity index (χ4v) is 2.54. The molecule has 4 heteroatoms. The molecule has 0 radical (unpaired) electrons. The molecule has 0 saturated heterocycles. The van der Waals surface area contributed by atoms with Gasteiger partial charge < -0.3 is 5.32 Å². The number of nitrogens with zero attached hydrogens (tertiary/aromatic N) is 2. The molecular weight excluding hydrogens is 302 g/mol.